The Morgan fingerprint density at radius 2 is 0.278 bits per heavy atom. The molecular weight excluding hydrogens is 649 g/mol. The van der Waals surface area contributed by atoms with E-state index in [-0.39, 0.29) is 0 Å². The van der Waals surface area contributed by atoms with E-state index in [1.54, 1.807) is 0 Å². The van der Waals surface area contributed by atoms with Gasteiger partial charge >= 0.3 is 0 Å². The van der Waals surface area contributed by atoms with Gasteiger partial charge < -0.3 is 0 Å². The first kappa shape index (κ1) is 31.7. The van der Waals surface area contributed by atoms with Crippen molar-refractivity contribution in [3.8, 4) is 66.8 Å². The quantitative estimate of drug-likeness (QED) is 0.153. The first-order valence-electron chi connectivity index (χ1n) is 18.7. The molecular formula is C54H36. The normalized spacial score (nSPS) is 11.3. The molecule has 0 aliphatic heterocycles. The summed E-state index contributed by atoms with van der Waals surface area (Å²) in [5, 5.41) is 7.50. The third-order valence-corrected chi connectivity index (χ3v) is 10.9. The van der Waals surface area contributed by atoms with E-state index in [9.17, 15) is 0 Å². The summed E-state index contributed by atoms with van der Waals surface area (Å²) in [6.07, 6.45) is 0. The van der Waals surface area contributed by atoms with E-state index in [0.29, 0.717) is 0 Å². The van der Waals surface area contributed by atoms with Gasteiger partial charge in [-0.3, -0.25) is 0 Å². The highest BCUT2D eigenvalue weighted by Gasteiger charge is 2.20. The fourth-order valence-electron chi connectivity index (χ4n) is 8.28. The molecule has 0 N–H and O–H groups in total. The van der Waals surface area contributed by atoms with Crippen LogP contribution in [0.2, 0.25) is 0 Å². The van der Waals surface area contributed by atoms with Crippen LogP contribution in [0.3, 0.4) is 0 Å². The monoisotopic (exact) mass is 684 g/mol. The highest BCUT2D eigenvalue weighted by atomic mass is 14.2. The minimum absolute atomic E-state index is 1.21. The maximum absolute atomic E-state index is 2.46. The molecule has 10 aromatic rings. The Morgan fingerprint density at radius 1 is 0.148 bits per heavy atom. The third kappa shape index (κ3) is 5.57. The van der Waals surface area contributed by atoms with E-state index in [4.69, 9.17) is 0 Å². The van der Waals surface area contributed by atoms with Gasteiger partial charge in [-0.1, -0.05) is 182 Å². The van der Waals surface area contributed by atoms with E-state index in [1.165, 1.54) is 99.1 Å². The molecule has 0 radical (unpaired) electrons. The number of fused-ring (bicyclic) bond motifs is 6. The van der Waals surface area contributed by atoms with Gasteiger partial charge in [0.05, 0.1) is 0 Å². The molecule has 0 bridgehead atoms. The van der Waals surface area contributed by atoms with Crippen LogP contribution in [0, 0.1) is 0 Å². The van der Waals surface area contributed by atoms with Gasteiger partial charge in [-0.05, 0) is 135 Å². The Bertz CT molecular complexity index is 2360. The van der Waals surface area contributed by atoms with Gasteiger partial charge in [0.2, 0.25) is 0 Å². The van der Waals surface area contributed by atoms with Crippen LogP contribution in [0.25, 0.3) is 99.1 Å². The van der Waals surface area contributed by atoms with Crippen LogP contribution in [-0.4, -0.2) is 0 Å². The smallest absolute Gasteiger partial charge is 0.00921 e. The maximum atomic E-state index is 2.46. The molecule has 54 heavy (non-hydrogen) atoms. The first-order chi connectivity index (χ1) is 26.8. The zero-order chi connectivity index (χ0) is 35.8. The van der Waals surface area contributed by atoms with E-state index in [2.05, 4.69) is 218 Å². The Hall–Kier alpha value is -7.02. The molecule has 0 saturated heterocycles. The number of hydrogen-bond donors (Lipinski definition) is 0. The van der Waals surface area contributed by atoms with Gasteiger partial charge in [0.1, 0.15) is 0 Å². The summed E-state index contributed by atoms with van der Waals surface area (Å²) < 4.78 is 0. The average Bonchev–Trinajstić information content (AvgIpc) is 3.27. The molecule has 10 rings (SSSR count). The van der Waals surface area contributed by atoms with Crippen molar-refractivity contribution < 1.29 is 0 Å². The predicted octanol–water partition coefficient (Wildman–Crippen LogP) is 15.1. The zero-order valence-corrected chi connectivity index (χ0v) is 29.8. The van der Waals surface area contributed by atoms with Gasteiger partial charge in [0.25, 0.3) is 0 Å². The Kier molecular flexibility index (Phi) is 7.93. The zero-order valence-electron chi connectivity index (χ0n) is 29.8. The molecule has 252 valence electrons. The topological polar surface area (TPSA) is 0 Å². The molecule has 0 nitrogen and oxygen atoms in total. The van der Waals surface area contributed by atoms with Crippen molar-refractivity contribution in [2.24, 2.45) is 0 Å². The molecule has 0 fully saturated rings. The summed E-state index contributed by atoms with van der Waals surface area (Å²) >= 11 is 0. The SMILES string of the molecule is c1ccc(-c2cc3c4cc(-c5ccccc5)c(-c5ccccc5)cc4c4cc(-c5ccccc5)c(-c5ccccc5)cc4c3cc2-c2ccccc2)cc1. The van der Waals surface area contributed by atoms with Gasteiger partial charge in [-0.2, -0.15) is 0 Å². The molecule has 0 spiro atoms. The van der Waals surface area contributed by atoms with E-state index in [0.717, 1.165) is 0 Å². The Balaban J connectivity index is 1.42. The van der Waals surface area contributed by atoms with Gasteiger partial charge in [-0.25, -0.2) is 0 Å². The fourth-order valence-corrected chi connectivity index (χ4v) is 8.28. The molecule has 0 aromatic heterocycles. The van der Waals surface area contributed by atoms with E-state index < -0.39 is 0 Å². The van der Waals surface area contributed by atoms with Crippen LogP contribution in [-0.2, 0) is 0 Å². The van der Waals surface area contributed by atoms with Crippen molar-refractivity contribution >= 4 is 32.3 Å². The minimum Gasteiger partial charge on any atom is -0.0622 e. The second-order valence-electron chi connectivity index (χ2n) is 14.0. The lowest BCUT2D eigenvalue weighted by Gasteiger charge is -2.21. The summed E-state index contributed by atoms with van der Waals surface area (Å²) in [5.41, 5.74) is 14.6. The van der Waals surface area contributed by atoms with Crippen LogP contribution in [0.5, 0.6) is 0 Å². The number of hydrogen-bond acceptors (Lipinski definition) is 0. The summed E-state index contributed by atoms with van der Waals surface area (Å²) in [7, 11) is 0. The molecule has 0 amide bonds. The van der Waals surface area contributed by atoms with E-state index in [1.807, 2.05) is 0 Å². The van der Waals surface area contributed by atoms with Crippen LogP contribution < -0.4 is 0 Å². The lowest BCUT2D eigenvalue weighted by Crippen LogP contribution is -1.94. The highest BCUT2D eigenvalue weighted by Crippen LogP contribution is 2.47. The van der Waals surface area contributed by atoms with Crippen molar-refractivity contribution in [2.75, 3.05) is 0 Å². The molecule has 0 aliphatic rings. The van der Waals surface area contributed by atoms with Crippen molar-refractivity contribution in [1.82, 2.24) is 0 Å². The second kappa shape index (κ2) is 13.5. The highest BCUT2D eigenvalue weighted by molar-refractivity contribution is 6.29. The lowest BCUT2D eigenvalue weighted by atomic mass is 9.82. The van der Waals surface area contributed by atoms with Gasteiger partial charge in [0, 0.05) is 0 Å². The molecule has 0 aliphatic carbocycles. The Labute approximate surface area is 316 Å². The minimum atomic E-state index is 1.21. The molecule has 0 saturated carbocycles. The van der Waals surface area contributed by atoms with Crippen LogP contribution in [0.4, 0.5) is 0 Å². The molecule has 0 heterocycles. The number of benzene rings is 10. The third-order valence-electron chi connectivity index (χ3n) is 10.9. The van der Waals surface area contributed by atoms with E-state index >= 15 is 0 Å². The van der Waals surface area contributed by atoms with Crippen LogP contribution in [0.15, 0.2) is 218 Å². The standard InChI is InChI=1S/C54H36/c1-7-19-37(20-8-1)43-31-49-50(32-44(43)38-21-9-2-10-22-38)52-34-46(40-25-13-4-14-26-40)48(42-29-17-6-18-30-42)36-54(52)53-35-47(41-27-15-5-16-28-41)45(33-51(49)53)39-23-11-3-12-24-39/h1-36H. The Morgan fingerprint density at radius 3 is 0.407 bits per heavy atom. The van der Waals surface area contributed by atoms with Crippen molar-refractivity contribution in [1.29, 1.82) is 0 Å². The molecule has 0 unspecified atom stereocenters. The summed E-state index contributed by atoms with van der Waals surface area (Å²) in [6, 6.07) is 79.9. The van der Waals surface area contributed by atoms with Gasteiger partial charge in [0.15, 0.2) is 0 Å². The lowest BCUT2D eigenvalue weighted by molar-refractivity contribution is 1.59. The van der Waals surface area contributed by atoms with Crippen LogP contribution >= 0.6 is 0 Å². The summed E-state index contributed by atoms with van der Waals surface area (Å²) in [5.74, 6) is 0. The fraction of sp³-hybridized carbons (Fsp3) is 0. The maximum Gasteiger partial charge on any atom is -0.00921 e. The number of rotatable bonds is 6. The summed E-state index contributed by atoms with van der Waals surface area (Å²) in [4.78, 5) is 0. The van der Waals surface area contributed by atoms with Crippen LogP contribution in [0.1, 0.15) is 0 Å². The molecule has 10 aromatic carbocycles. The van der Waals surface area contributed by atoms with Gasteiger partial charge in [-0.15, -0.1) is 0 Å². The molecule has 0 atom stereocenters. The first-order valence-corrected chi connectivity index (χ1v) is 18.7. The van der Waals surface area contributed by atoms with Crippen molar-refractivity contribution in [3.05, 3.63) is 218 Å². The average molecular weight is 685 g/mol. The molecule has 0 heteroatoms. The second-order valence-corrected chi connectivity index (χ2v) is 14.0. The summed E-state index contributed by atoms with van der Waals surface area (Å²) in [6.45, 7) is 0. The predicted molar refractivity (Wildman–Crippen MR) is 232 cm³/mol. The van der Waals surface area contributed by atoms with Crippen molar-refractivity contribution in [3.63, 3.8) is 0 Å². The largest absolute Gasteiger partial charge is 0.0622 e. The van der Waals surface area contributed by atoms with Crippen molar-refractivity contribution in [2.45, 2.75) is 0 Å².